The van der Waals surface area contributed by atoms with E-state index in [-0.39, 0.29) is 0 Å². The molecular formula is C3H9INPS. The van der Waals surface area contributed by atoms with E-state index in [2.05, 4.69) is 35.9 Å². The van der Waals surface area contributed by atoms with E-state index in [1.165, 1.54) is 0 Å². The van der Waals surface area contributed by atoms with Crippen molar-refractivity contribution in [3.63, 3.8) is 0 Å². The Morgan fingerprint density at radius 3 is 2.29 bits per heavy atom. The average Bonchev–Trinajstić information content (AvgIpc) is 1.30. The number of nitrogens with two attached hydrogens (primary N) is 1. The third kappa shape index (κ3) is 7.47. The van der Waals surface area contributed by atoms with E-state index in [9.17, 15) is 0 Å². The number of rotatable bonds is 1. The number of halogens is 1. The molecule has 0 rings (SSSR count). The van der Waals surface area contributed by atoms with Crippen LogP contribution in [0.25, 0.3) is 0 Å². The molecule has 1 nitrogen and oxygen atoms in total. The molecule has 0 aromatic heterocycles. The predicted octanol–water partition coefficient (Wildman–Crippen LogP) is 2.75. The summed E-state index contributed by atoms with van der Waals surface area (Å²) in [5.74, 6) is 1.05. The molecule has 2 N–H and O–H groups in total. The molecule has 0 saturated heterocycles. The third-order valence-corrected chi connectivity index (χ3v) is 3.34. The van der Waals surface area contributed by atoms with Crippen molar-refractivity contribution >= 4 is 35.4 Å². The Kier molecular flexibility index (Phi) is 4.22. The van der Waals surface area contributed by atoms with Crippen LogP contribution in [0.2, 0.25) is 0 Å². The zero-order valence-electron chi connectivity index (χ0n) is 4.22. The molecule has 0 spiro atoms. The fourth-order valence-electron chi connectivity index (χ4n) is 0.286. The van der Waals surface area contributed by atoms with E-state index in [0.29, 0.717) is 0 Å². The van der Waals surface area contributed by atoms with Crippen LogP contribution in [0.3, 0.4) is 0 Å². The monoisotopic (exact) mass is 249 g/mol. The van der Waals surface area contributed by atoms with E-state index in [4.69, 9.17) is 5.14 Å². The van der Waals surface area contributed by atoms with Crippen molar-refractivity contribution in [1.29, 1.82) is 0 Å². The topological polar surface area (TPSA) is 26.0 Å². The Bertz CT molecular complexity index is 127. The summed E-state index contributed by atoms with van der Waals surface area (Å²) < 4.78 is 0. The van der Waals surface area contributed by atoms with Gasteiger partial charge in [0.05, 0.1) is 0 Å². The molecule has 7 heavy (non-hydrogen) atoms. The van der Waals surface area contributed by atoms with Gasteiger partial charge in [0.2, 0.25) is 0 Å². The van der Waals surface area contributed by atoms with Gasteiger partial charge in [-0.05, 0) is 0 Å². The number of hydrogen-bond donors (Lipinski definition) is 1. The normalized spacial score (nSPS) is 18.6. The molecule has 0 radical (unpaired) electrons. The standard InChI is InChI=1S/C3H9INPS/c1-2-3-7(4,5)6/h2-3,5H2,1H3. The fourth-order valence-corrected chi connectivity index (χ4v) is 2.73. The molecule has 0 fully saturated rings. The molecule has 4 heteroatoms. The van der Waals surface area contributed by atoms with Gasteiger partial charge in [0.15, 0.2) is 0 Å². The van der Waals surface area contributed by atoms with Crippen LogP contribution in [-0.2, 0) is 0 Å². The summed E-state index contributed by atoms with van der Waals surface area (Å²) in [6.07, 6.45) is 0.127. The van der Waals surface area contributed by atoms with Crippen LogP contribution in [0.5, 0.6) is 0 Å². The second-order valence-electron chi connectivity index (χ2n) is 1.37. The van der Waals surface area contributed by atoms with Crippen LogP contribution < -0.4 is 5.14 Å². The maximum absolute atomic E-state index is 5.58. The van der Waals surface area contributed by atoms with E-state index in [1.54, 1.807) is 0 Å². The van der Waals surface area contributed by atoms with E-state index >= 15 is 0 Å². The summed E-state index contributed by atoms with van der Waals surface area (Å²) in [6.45, 7) is 2.11. The van der Waals surface area contributed by atoms with Gasteiger partial charge in [-0.25, -0.2) is 0 Å². The van der Waals surface area contributed by atoms with Gasteiger partial charge >= 0.3 is 59.6 Å². The Balaban J connectivity index is 3.45. The van der Waals surface area contributed by atoms with Gasteiger partial charge in [-0.3, -0.25) is 0 Å². The molecule has 44 valence electrons. The minimum absolute atomic E-state index is 1.01. The second kappa shape index (κ2) is 3.49. The van der Waals surface area contributed by atoms with Crippen molar-refractivity contribution in [1.82, 2.24) is 0 Å². The maximum atomic E-state index is 5.58. The van der Waals surface area contributed by atoms with Crippen LogP contribution in [0.4, 0.5) is 0 Å². The van der Waals surface area contributed by atoms with Crippen molar-refractivity contribution in [2.75, 3.05) is 5.75 Å². The van der Waals surface area contributed by atoms with E-state index in [1.807, 2.05) is 0 Å². The van der Waals surface area contributed by atoms with Crippen molar-refractivity contribution in [3.8, 4) is 0 Å². The van der Waals surface area contributed by atoms with Gasteiger partial charge in [-0.1, -0.05) is 0 Å². The Morgan fingerprint density at radius 1 is 1.86 bits per heavy atom. The van der Waals surface area contributed by atoms with Gasteiger partial charge < -0.3 is 0 Å². The molecule has 0 aromatic rings. The zero-order chi connectivity index (χ0) is 5.91. The molecule has 0 aliphatic rings. The van der Waals surface area contributed by atoms with Crippen LogP contribution >= 0.6 is 35.4 Å². The number of hydrogen-bond acceptors (Lipinski definition) is 1. The van der Waals surface area contributed by atoms with Crippen molar-refractivity contribution in [2.45, 2.75) is 13.3 Å². The van der Waals surface area contributed by atoms with Crippen LogP contribution in [-0.4, -0.2) is 5.75 Å². The summed E-state index contributed by atoms with van der Waals surface area (Å²) >= 11 is 2.20. The summed E-state index contributed by atoms with van der Waals surface area (Å²) in [7, 11) is 4.18. The van der Waals surface area contributed by atoms with Gasteiger partial charge in [0, 0.05) is 0 Å². The first-order chi connectivity index (χ1) is 3.06. The molecule has 0 heterocycles. The molecule has 0 aliphatic carbocycles. The summed E-state index contributed by atoms with van der Waals surface area (Å²) in [6, 6.07) is 0. The zero-order valence-corrected chi connectivity index (χ0v) is 8.09. The Morgan fingerprint density at radius 2 is 2.29 bits per heavy atom. The summed E-state index contributed by atoms with van der Waals surface area (Å²) in [5, 5.41) is 5.58. The first-order valence-electron chi connectivity index (χ1n) is 2.07. The molecule has 0 bridgehead atoms. The van der Waals surface area contributed by atoms with Crippen molar-refractivity contribution in [2.24, 2.45) is 5.14 Å². The Labute approximate surface area is 59.5 Å². The molecule has 0 aromatic carbocycles. The Hall–Kier alpha value is 1.47. The fraction of sp³-hybridized carbons (Fsp3) is 1.00. The molecule has 0 amide bonds. The molecule has 0 saturated carbocycles. The minimum atomic E-state index is -1.01. The first-order valence-corrected chi connectivity index (χ1v) is 7.53. The van der Waals surface area contributed by atoms with Gasteiger partial charge in [-0.15, -0.1) is 0 Å². The van der Waals surface area contributed by atoms with E-state index in [0.717, 1.165) is 12.2 Å². The van der Waals surface area contributed by atoms with Gasteiger partial charge in [0.25, 0.3) is 0 Å². The third-order valence-electron chi connectivity index (χ3n) is 0.490. The van der Waals surface area contributed by atoms with Gasteiger partial charge in [0.1, 0.15) is 0 Å². The molecular weight excluding hydrogens is 240 g/mol. The summed E-state index contributed by atoms with van der Waals surface area (Å²) in [4.78, 5) is 0. The van der Waals surface area contributed by atoms with Crippen LogP contribution in [0.1, 0.15) is 13.3 Å². The predicted molar refractivity (Wildman–Crippen MR) is 47.9 cm³/mol. The molecule has 1 unspecified atom stereocenters. The van der Waals surface area contributed by atoms with Crippen LogP contribution in [0.15, 0.2) is 0 Å². The average molecular weight is 249 g/mol. The molecule has 0 aliphatic heterocycles. The quantitative estimate of drug-likeness (QED) is 0.561. The van der Waals surface area contributed by atoms with Crippen LogP contribution in [0, 0.1) is 0 Å². The summed E-state index contributed by atoms with van der Waals surface area (Å²) in [5.41, 5.74) is 0. The van der Waals surface area contributed by atoms with E-state index < -0.39 is 6.36 Å². The first kappa shape index (κ1) is 8.47. The SMILES string of the molecule is CCCS(N)(#P)I. The molecule has 1 atom stereocenters. The van der Waals surface area contributed by atoms with Crippen molar-refractivity contribution < 1.29 is 0 Å². The van der Waals surface area contributed by atoms with Gasteiger partial charge in [-0.2, -0.15) is 0 Å². The van der Waals surface area contributed by atoms with Crippen molar-refractivity contribution in [3.05, 3.63) is 0 Å². The second-order valence-corrected chi connectivity index (χ2v) is 11.9.